The minimum absolute atomic E-state index is 0.100. The van der Waals surface area contributed by atoms with Crippen molar-refractivity contribution in [2.75, 3.05) is 39.4 Å². The van der Waals surface area contributed by atoms with Crippen LogP contribution in [-0.2, 0) is 16.7 Å². The third-order valence-electron chi connectivity index (χ3n) is 4.17. The quantitative estimate of drug-likeness (QED) is 0.596. The normalized spacial score (nSPS) is 18.2. The van der Waals surface area contributed by atoms with E-state index < -0.39 is 0 Å². The molecular weight excluding hydrogens is 334 g/mol. The van der Waals surface area contributed by atoms with Gasteiger partial charge in [0.15, 0.2) is 5.96 Å². The summed E-state index contributed by atoms with van der Waals surface area (Å²) in [7, 11) is 0. The molecule has 25 heavy (non-hydrogen) atoms. The first-order valence-corrected chi connectivity index (χ1v) is 10.1. The summed E-state index contributed by atoms with van der Waals surface area (Å²) in [5.74, 6) is 0.855. The summed E-state index contributed by atoms with van der Waals surface area (Å²) in [5, 5.41) is 10.1. The summed E-state index contributed by atoms with van der Waals surface area (Å²) < 4.78 is 5.42. The number of hydrogen-bond donors (Lipinski definition) is 2. The zero-order chi connectivity index (χ0) is 18.3. The highest BCUT2D eigenvalue weighted by Crippen LogP contribution is 2.25. The van der Waals surface area contributed by atoms with Crippen molar-refractivity contribution in [2.24, 2.45) is 4.99 Å². The van der Waals surface area contributed by atoms with Crippen molar-refractivity contribution in [1.82, 2.24) is 20.5 Å². The Bertz CT molecular complexity index is 546. The second-order valence-corrected chi connectivity index (χ2v) is 8.33. The number of nitrogens with zero attached hydrogens (tertiary/aromatic N) is 3. The smallest absolute Gasteiger partial charge is 0.191 e. The number of morpholine rings is 1. The lowest BCUT2D eigenvalue weighted by atomic mass is 9.98. The van der Waals surface area contributed by atoms with Crippen LogP contribution in [0.5, 0.6) is 0 Å². The molecule has 1 aromatic heterocycles. The van der Waals surface area contributed by atoms with Crippen molar-refractivity contribution in [3.05, 3.63) is 16.1 Å². The summed E-state index contributed by atoms with van der Waals surface area (Å²) in [6, 6.07) is 0.458. The molecule has 7 heteroatoms. The number of hydrogen-bond acceptors (Lipinski definition) is 5. The van der Waals surface area contributed by atoms with E-state index in [2.05, 4.69) is 55.5 Å². The van der Waals surface area contributed by atoms with Crippen LogP contribution in [-0.4, -0.2) is 61.3 Å². The molecule has 0 aliphatic carbocycles. The zero-order valence-electron chi connectivity index (χ0n) is 16.3. The van der Waals surface area contributed by atoms with Crippen LogP contribution >= 0.6 is 11.3 Å². The van der Waals surface area contributed by atoms with E-state index in [9.17, 15) is 0 Å². The Morgan fingerprint density at radius 3 is 2.68 bits per heavy atom. The van der Waals surface area contributed by atoms with Crippen molar-refractivity contribution in [1.29, 1.82) is 0 Å². The van der Waals surface area contributed by atoms with Crippen molar-refractivity contribution >= 4 is 17.3 Å². The molecule has 0 radical (unpaired) electrons. The number of aliphatic imine (C=N–C) groups is 1. The van der Waals surface area contributed by atoms with Crippen molar-refractivity contribution in [3.63, 3.8) is 0 Å². The molecule has 1 unspecified atom stereocenters. The summed E-state index contributed by atoms with van der Waals surface area (Å²) in [6.45, 7) is 16.9. The number of nitrogens with one attached hydrogen (secondary N) is 2. The molecule has 0 aromatic carbocycles. The Hall–Kier alpha value is -1.18. The molecule has 0 saturated carbocycles. The second kappa shape index (κ2) is 9.50. The van der Waals surface area contributed by atoms with E-state index in [1.165, 1.54) is 0 Å². The van der Waals surface area contributed by atoms with Gasteiger partial charge in [-0.3, -0.25) is 4.90 Å². The molecule has 1 saturated heterocycles. The van der Waals surface area contributed by atoms with Crippen LogP contribution in [0.4, 0.5) is 0 Å². The van der Waals surface area contributed by atoms with Crippen LogP contribution in [0.1, 0.15) is 45.3 Å². The highest BCUT2D eigenvalue weighted by Gasteiger charge is 2.18. The molecule has 1 aliphatic rings. The predicted octanol–water partition coefficient (Wildman–Crippen LogP) is 2.22. The fourth-order valence-corrected chi connectivity index (χ4v) is 3.52. The van der Waals surface area contributed by atoms with Crippen LogP contribution in [0.3, 0.4) is 0 Å². The van der Waals surface area contributed by atoms with Gasteiger partial charge in [0.2, 0.25) is 0 Å². The van der Waals surface area contributed by atoms with Crippen molar-refractivity contribution < 1.29 is 4.74 Å². The molecule has 0 amide bonds. The Morgan fingerprint density at radius 2 is 2.08 bits per heavy atom. The van der Waals surface area contributed by atoms with Gasteiger partial charge in [0.1, 0.15) is 0 Å². The van der Waals surface area contributed by atoms with Gasteiger partial charge in [0.25, 0.3) is 0 Å². The van der Waals surface area contributed by atoms with E-state index in [0.717, 1.165) is 56.1 Å². The van der Waals surface area contributed by atoms with E-state index in [4.69, 9.17) is 14.7 Å². The first-order valence-electron chi connectivity index (χ1n) is 9.19. The average Bonchev–Trinajstić information content (AvgIpc) is 3.07. The number of aromatic nitrogens is 1. The molecule has 0 bridgehead atoms. The molecule has 1 aromatic rings. The standard InChI is InChI=1S/C18H33N5OS/c1-6-19-17(20-11-14(2)23-7-9-24-10-8-23)21-12-15-13-25-16(22-15)18(3,4)5/h13-14H,6-12H2,1-5H3,(H2,19,20,21). The maximum absolute atomic E-state index is 5.42. The lowest BCUT2D eigenvalue weighted by Crippen LogP contribution is -2.49. The molecular formula is C18H33N5OS. The van der Waals surface area contributed by atoms with Gasteiger partial charge < -0.3 is 15.4 Å². The molecule has 1 aliphatic heterocycles. The molecule has 2 heterocycles. The molecule has 142 valence electrons. The highest BCUT2D eigenvalue weighted by molar-refractivity contribution is 7.09. The first-order chi connectivity index (χ1) is 11.9. The van der Waals surface area contributed by atoms with Crippen molar-refractivity contribution in [2.45, 2.75) is 52.6 Å². The summed E-state index contributed by atoms with van der Waals surface area (Å²) in [4.78, 5) is 11.9. The van der Waals surface area contributed by atoms with Crippen LogP contribution in [0, 0.1) is 0 Å². The Morgan fingerprint density at radius 1 is 1.36 bits per heavy atom. The molecule has 6 nitrogen and oxygen atoms in total. The monoisotopic (exact) mass is 367 g/mol. The third-order valence-corrected chi connectivity index (χ3v) is 5.49. The number of rotatable bonds is 6. The first kappa shape index (κ1) is 20.1. The number of thiazole rings is 1. The van der Waals surface area contributed by atoms with E-state index >= 15 is 0 Å². The third kappa shape index (κ3) is 6.56. The lowest BCUT2D eigenvalue weighted by Gasteiger charge is -2.32. The zero-order valence-corrected chi connectivity index (χ0v) is 17.1. The highest BCUT2D eigenvalue weighted by atomic mass is 32.1. The van der Waals surface area contributed by atoms with Gasteiger partial charge in [-0.2, -0.15) is 0 Å². The Kier molecular flexibility index (Phi) is 7.65. The molecule has 0 spiro atoms. The lowest BCUT2D eigenvalue weighted by molar-refractivity contribution is 0.0211. The van der Waals surface area contributed by atoms with Gasteiger partial charge in [-0.15, -0.1) is 11.3 Å². The summed E-state index contributed by atoms with van der Waals surface area (Å²) >= 11 is 1.72. The van der Waals surface area contributed by atoms with E-state index in [0.29, 0.717) is 12.6 Å². The average molecular weight is 368 g/mol. The maximum Gasteiger partial charge on any atom is 0.191 e. The van der Waals surface area contributed by atoms with E-state index in [1.54, 1.807) is 11.3 Å². The Labute approximate surface area is 156 Å². The number of ether oxygens (including phenoxy) is 1. The second-order valence-electron chi connectivity index (χ2n) is 7.47. The fraction of sp³-hybridized carbons (Fsp3) is 0.778. The SMILES string of the molecule is CCNC(=NCc1csc(C(C)(C)C)n1)NCC(C)N1CCOCC1. The molecule has 1 fully saturated rings. The molecule has 2 N–H and O–H groups in total. The van der Waals surface area contributed by atoms with Gasteiger partial charge >= 0.3 is 0 Å². The molecule has 1 atom stereocenters. The van der Waals surface area contributed by atoms with Gasteiger partial charge in [-0.05, 0) is 13.8 Å². The largest absolute Gasteiger partial charge is 0.379 e. The number of guanidine groups is 1. The van der Waals surface area contributed by atoms with Gasteiger partial charge in [-0.25, -0.2) is 9.98 Å². The summed E-state index contributed by atoms with van der Waals surface area (Å²) in [5.41, 5.74) is 1.14. The van der Waals surface area contributed by atoms with Gasteiger partial charge in [-0.1, -0.05) is 20.8 Å². The van der Waals surface area contributed by atoms with Crippen LogP contribution in [0.2, 0.25) is 0 Å². The predicted molar refractivity (Wildman–Crippen MR) is 105 cm³/mol. The Balaban J connectivity index is 1.88. The minimum atomic E-state index is 0.100. The van der Waals surface area contributed by atoms with E-state index in [1.807, 2.05) is 0 Å². The van der Waals surface area contributed by atoms with Crippen molar-refractivity contribution in [3.8, 4) is 0 Å². The molecule has 2 rings (SSSR count). The van der Waals surface area contributed by atoms with Crippen LogP contribution < -0.4 is 10.6 Å². The minimum Gasteiger partial charge on any atom is -0.379 e. The van der Waals surface area contributed by atoms with E-state index in [-0.39, 0.29) is 5.41 Å². The van der Waals surface area contributed by atoms with Crippen LogP contribution in [0.15, 0.2) is 10.4 Å². The van der Waals surface area contributed by atoms with Gasteiger partial charge in [0.05, 0.1) is 30.5 Å². The maximum atomic E-state index is 5.42. The summed E-state index contributed by atoms with van der Waals surface area (Å²) in [6.07, 6.45) is 0. The van der Waals surface area contributed by atoms with Gasteiger partial charge in [0, 0.05) is 43.0 Å². The topological polar surface area (TPSA) is 61.8 Å². The fourth-order valence-electron chi connectivity index (χ4n) is 2.62. The van der Waals surface area contributed by atoms with Crippen LogP contribution in [0.25, 0.3) is 0 Å².